The number of aliphatic carboxylic acids is 1. The van der Waals surface area contributed by atoms with Crippen LogP contribution in [0.3, 0.4) is 0 Å². The quantitative estimate of drug-likeness (QED) is 0.763. The van der Waals surface area contributed by atoms with E-state index in [0.717, 1.165) is 10.5 Å². The molecule has 0 aliphatic rings. The van der Waals surface area contributed by atoms with Crippen LogP contribution in [0, 0.1) is 5.92 Å². The highest BCUT2D eigenvalue weighted by atomic mass is 32.2. The van der Waals surface area contributed by atoms with Gasteiger partial charge < -0.3 is 10.4 Å². The molecule has 116 valence electrons. The number of hydrogen-bond acceptors (Lipinski definition) is 4. The van der Waals surface area contributed by atoms with E-state index in [1.165, 1.54) is 23.1 Å². The Morgan fingerprint density at radius 3 is 2.64 bits per heavy atom. The summed E-state index contributed by atoms with van der Waals surface area (Å²) in [6.07, 6.45) is 2.31. The Kier molecular flexibility index (Phi) is 6.03. The first-order chi connectivity index (χ1) is 10.6. The second kappa shape index (κ2) is 8.00. The molecule has 6 heteroatoms. The zero-order valence-corrected chi connectivity index (χ0v) is 13.7. The van der Waals surface area contributed by atoms with Gasteiger partial charge in [0.1, 0.15) is 4.88 Å². The van der Waals surface area contributed by atoms with Crippen LogP contribution in [0.15, 0.2) is 46.7 Å². The number of nitrogens with one attached hydrogen (secondary N) is 1. The van der Waals surface area contributed by atoms with Gasteiger partial charge in [-0.2, -0.15) is 0 Å². The van der Waals surface area contributed by atoms with Gasteiger partial charge in [0.05, 0.1) is 5.92 Å². The van der Waals surface area contributed by atoms with E-state index in [4.69, 9.17) is 0 Å². The molecular formula is C16H17NO3S2. The Morgan fingerprint density at radius 1 is 1.27 bits per heavy atom. The predicted octanol–water partition coefficient (Wildman–Crippen LogP) is 3.14. The number of rotatable bonds is 7. The molecule has 4 nitrogen and oxygen atoms in total. The maximum Gasteiger partial charge on any atom is 0.308 e. The maximum atomic E-state index is 12.2. The molecule has 1 aromatic carbocycles. The largest absolute Gasteiger partial charge is 0.481 e. The lowest BCUT2D eigenvalue weighted by Crippen LogP contribution is -2.33. The van der Waals surface area contributed by atoms with Crippen molar-refractivity contribution >= 4 is 35.0 Å². The summed E-state index contributed by atoms with van der Waals surface area (Å²) >= 11 is 2.87. The molecule has 0 saturated heterocycles. The fraction of sp³-hybridized carbons (Fsp3) is 0.250. The van der Waals surface area contributed by atoms with Crippen molar-refractivity contribution < 1.29 is 14.7 Å². The zero-order chi connectivity index (χ0) is 15.9. The Labute approximate surface area is 137 Å². The van der Waals surface area contributed by atoms with Crippen LogP contribution >= 0.6 is 23.1 Å². The Hall–Kier alpha value is -1.79. The van der Waals surface area contributed by atoms with E-state index < -0.39 is 11.9 Å². The summed E-state index contributed by atoms with van der Waals surface area (Å²) in [5.74, 6) is -1.75. The molecule has 2 rings (SSSR count). The zero-order valence-electron chi connectivity index (χ0n) is 12.1. The Morgan fingerprint density at radius 2 is 2.00 bits per heavy atom. The van der Waals surface area contributed by atoms with Crippen LogP contribution < -0.4 is 5.32 Å². The van der Waals surface area contributed by atoms with Crippen molar-refractivity contribution in [1.82, 2.24) is 5.32 Å². The van der Waals surface area contributed by atoms with E-state index in [9.17, 15) is 14.7 Å². The molecule has 2 N–H and O–H groups in total. The predicted molar refractivity (Wildman–Crippen MR) is 89.7 cm³/mol. The van der Waals surface area contributed by atoms with Gasteiger partial charge in [-0.3, -0.25) is 9.59 Å². The van der Waals surface area contributed by atoms with Gasteiger partial charge in [0.25, 0.3) is 5.91 Å². The molecule has 0 aliphatic carbocycles. The SMILES string of the molecule is CSc1ccsc1C(=O)NCC(Cc1ccccc1)C(=O)O. The molecule has 1 heterocycles. The average Bonchev–Trinajstić information content (AvgIpc) is 3.00. The fourth-order valence-electron chi connectivity index (χ4n) is 2.07. The first kappa shape index (κ1) is 16.6. The molecule has 0 fully saturated rings. The Balaban J connectivity index is 1.97. The summed E-state index contributed by atoms with van der Waals surface area (Å²) in [6, 6.07) is 11.3. The van der Waals surface area contributed by atoms with Gasteiger partial charge in [0.2, 0.25) is 0 Å². The fourth-order valence-corrected chi connectivity index (χ4v) is 3.73. The van der Waals surface area contributed by atoms with E-state index in [2.05, 4.69) is 5.32 Å². The van der Waals surface area contributed by atoms with Crippen LogP contribution in [0.4, 0.5) is 0 Å². The summed E-state index contributed by atoms with van der Waals surface area (Å²) in [5.41, 5.74) is 0.949. The second-order valence-corrected chi connectivity index (χ2v) is 6.52. The smallest absolute Gasteiger partial charge is 0.308 e. The molecule has 1 aromatic heterocycles. The van der Waals surface area contributed by atoms with Gasteiger partial charge in [0.15, 0.2) is 0 Å². The van der Waals surface area contributed by atoms with Crippen molar-refractivity contribution in [3.05, 3.63) is 52.2 Å². The average molecular weight is 335 g/mol. The topological polar surface area (TPSA) is 66.4 Å². The first-order valence-electron chi connectivity index (χ1n) is 6.78. The Bertz CT molecular complexity index is 640. The number of carboxylic acid groups (broad SMARTS) is 1. The monoisotopic (exact) mass is 335 g/mol. The van der Waals surface area contributed by atoms with Gasteiger partial charge in [-0.15, -0.1) is 23.1 Å². The normalized spacial score (nSPS) is 11.9. The molecule has 2 aromatic rings. The van der Waals surface area contributed by atoms with Gasteiger partial charge in [-0.1, -0.05) is 30.3 Å². The van der Waals surface area contributed by atoms with Crippen LogP contribution in [-0.2, 0) is 11.2 Å². The number of carbonyl (C=O) groups is 2. The standard InChI is InChI=1S/C16H17NO3S2/c1-21-13-7-8-22-14(13)15(18)17-10-12(16(19)20)9-11-5-3-2-4-6-11/h2-8,12H,9-10H2,1H3,(H,17,18)(H,19,20). The van der Waals surface area contributed by atoms with Crippen molar-refractivity contribution in [3.63, 3.8) is 0 Å². The molecular weight excluding hydrogens is 318 g/mol. The van der Waals surface area contributed by atoms with Crippen molar-refractivity contribution in [1.29, 1.82) is 0 Å². The van der Waals surface area contributed by atoms with Gasteiger partial charge in [-0.25, -0.2) is 0 Å². The first-order valence-corrected chi connectivity index (χ1v) is 8.88. The summed E-state index contributed by atoms with van der Waals surface area (Å²) in [4.78, 5) is 25.1. The number of carbonyl (C=O) groups excluding carboxylic acids is 1. The summed E-state index contributed by atoms with van der Waals surface area (Å²) in [6.45, 7) is 0.120. The minimum Gasteiger partial charge on any atom is -0.481 e. The summed E-state index contributed by atoms with van der Waals surface area (Å²) in [5, 5.41) is 13.9. The van der Waals surface area contributed by atoms with Crippen molar-refractivity contribution in [2.45, 2.75) is 11.3 Å². The number of carboxylic acids is 1. The third kappa shape index (κ3) is 4.35. The summed E-state index contributed by atoms with van der Waals surface area (Å²) < 4.78 is 0. The van der Waals surface area contributed by atoms with Crippen LogP contribution in [0.25, 0.3) is 0 Å². The summed E-state index contributed by atoms with van der Waals surface area (Å²) in [7, 11) is 0. The van der Waals surface area contributed by atoms with Gasteiger partial charge in [0, 0.05) is 11.4 Å². The van der Waals surface area contributed by atoms with Crippen LogP contribution in [-0.4, -0.2) is 29.8 Å². The minimum absolute atomic E-state index is 0.120. The van der Waals surface area contributed by atoms with Crippen molar-refractivity contribution in [2.75, 3.05) is 12.8 Å². The molecule has 0 spiro atoms. The molecule has 22 heavy (non-hydrogen) atoms. The van der Waals surface area contributed by atoms with E-state index in [1.54, 1.807) is 0 Å². The number of hydrogen-bond donors (Lipinski definition) is 2. The lowest BCUT2D eigenvalue weighted by atomic mass is 9.99. The van der Waals surface area contributed by atoms with Crippen LogP contribution in [0.5, 0.6) is 0 Å². The number of thioether (sulfide) groups is 1. The van der Waals surface area contributed by atoms with Crippen molar-refractivity contribution in [2.24, 2.45) is 5.92 Å². The highest BCUT2D eigenvalue weighted by Gasteiger charge is 2.20. The number of amides is 1. The van der Waals surface area contributed by atoms with E-state index in [-0.39, 0.29) is 12.5 Å². The van der Waals surface area contributed by atoms with E-state index in [1.807, 2.05) is 48.0 Å². The third-order valence-electron chi connectivity index (χ3n) is 3.24. The molecule has 0 saturated carbocycles. The highest BCUT2D eigenvalue weighted by molar-refractivity contribution is 7.98. The molecule has 0 radical (unpaired) electrons. The van der Waals surface area contributed by atoms with E-state index in [0.29, 0.717) is 11.3 Å². The third-order valence-corrected chi connectivity index (χ3v) is 5.06. The van der Waals surface area contributed by atoms with Crippen LogP contribution in [0.1, 0.15) is 15.2 Å². The molecule has 1 atom stereocenters. The number of benzene rings is 1. The maximum absolute atomic E-state index is 12.2. The van der Waals surface area contributed by atoms with Gasteiger partial charge >= 0.3 is 5.97 Å². The second-order valence-electron chi connectivity index (χ2n) is 4.75. The highest BCUT2D eigenvalue weighted by Crippen LogP contribution is 2.25. The lowest BCUT2D eigenvalue weighted by molar-refractivity contribution is -0.141. The van der Waals surface area contributed by atoms with Gasteiger partial charge in [-0.05, 0) is 29.7 Å². The van der Waals surface area contributed by atoms with Crippen LogP contribution in [0.2, 0.25) is 0 Å². The number of thiophene rings is 1. The molecule has 1 amide bonds. The van der Waals surface area contributed by atoms with Crippen molar-refractivity contribution in [3.8, 4) is 0 Å². The molecule has 0 aliphatic heterocycles. The molecule has 1 unspecified atom stereocenters. The van der Waals surface area contributed by atoms with E-state index >= 15 is 0 Å². The molecule has 0 bridgehead atoms. The minimum atomic E-state index is -0.902. The lowest BCUT2D eigenvalue weighted by Gasteiger charge is -2.13.